The van der Waals surface area contributed by atoms with Crippen LogP contribution in [0, 0.1) is 19.7 Å². The Labute approximate surface area is 149 Å². The molecule has 4 rings (SSSR count). The maximum atomic E-state index is 13.1. The van der Waals surface area contributed by atoms with Gasteiger partial charge in [-0.25, -0.2) is 9.37 Å². The van der Waals surface area contributed by atoms with Gasteiger partial charge in [0.05, 0.1) is 0 Å². The molecule has 0 spiro atoms. The lowest BCUT2D eigenvalue weighted by Gasteiger charge is -2.07. The van der Waals surface area contributed by atoms with Gasteiger partial charge in [-0.1, -0.05) is 6.07 Å². The zero-order valence-corrected chi connectivity index (χ0v) is 14.3. The molecule has 0 saturated carbocycles. The molecule has 1 N–H and O–H groups in total. The van der Waals surface area contributed by atoms with Crippen LogP contribution in [0.2, 0.25) is 0 Å². The van der Waals surface area contributed by atoms with Crippen molar-refractivity contribution in [3.63, 3.8) is 0 Å². The zero-order chi connectivity index (χ0) is 18.3. The third-order valence-corrected chi connectivity index (χ3v) is 4.08. The Hall–Kier alpha value is -3.41. The Morgan fingerprint density at radius 1 is 1.08 bits per heavy atom. The van der Waals surface area contributed by atoms with Crippen LogP contribution in [0.3, 0.4) is 0 Å². The van der Waals surface area contributed by atoms with Crippen LogP contribution < -0.4 is 5.32 Å². The molecule has 5 nitrogen and oxygen atoms in total. The summed E-state index contributed by atoms with van der Waals surface area (Å²) in [6.45, 7) is 3.81. The van der Waals surface area contributed by atoms with Crippen LogP contribution in [0.25, 0.3) is 17.1 Å². The average molecular weight is 349 g/mol. The van der Waals surface area contributed by atoms with Gasteiger partial charge in [0.15, 0.2) is 5.76 Å². The summed E-state index contributed by atoms with van der Waals surface area (Å²) in [5.74, 6) is 1.09. The predicted octanol–water partition coefficient (Wildman–Crippen LogP) is 4.60. The fourth-order valence-electron chi connectivity index (χ4n) is 2.78. The topological polar surface area (TPSA) is 59.5 Å². The first-order valence-electron chi connectivity index (χ1n) is 8.14. The average Bonchev–Trinajstić information content (AvgIpc) is 3.19. The van der Waals surface area contributed by atoms with Crippen LogP contribution in [-0.2, 0) is 0 Å². The molecule has 0 saturated heterocycles. The Bertz CT molecular complexity index is 1110. The number of furan rings is 1. The van der Waals surface area contributed by atoms with E-state index in [0.29, 0.717) is 28.5 Å². The minimum atomic E-state index is -0.390. The second-order valence-electron chi connectivity index (χ2n) is 6.11. The van der Waals surface area contributed by atoms with E-state index in [1.54, 1.807) is 0 Å². The van der Waals surface area contributed by atoms with Gasteiger partial charge in [0.2, 0.25) is 0 Å². The van der Waals surface area contributed by atoms with Crippen molar-refractivity contribution in [2.24, 2.45) is 0 Å². The van der Waals surface area contributed by atoms with Crippen molar-refractivity contribution in [3.05, 3.63) is 77.4 Å². The largest absolute Gasteiger partial charge is 0.460 e. The van der Waals surface area contributed by atoms with Crippen LogP contribution in [0.1, 0.15) is 21.7 Å². The molecule has 1 amide bonds. The zero-order valence-electron chi connectivity index (χ0n) is 14.3. The maximum absolute atomic E-state index is 13.1. The molecule has 0 aliphatic carbocycles. The highest BCUT2D eigenvalue weighted by atomic mass is 19.1. The number of amides is 1. The molecule has 0 atom stereocenters. The van der Waals surface area contributed by atoms with Gasteiger partial charge in [0, 0.05) is 11.8 Å². The quantitative estimate of drug-likeness (QED) is 0.588. The molecule has 0 unspecified atom stereocenters. The Morgan fingerprint density at radius 3 is 2.54 bits per heavy atom. The van der Waals surface area contributed by atoms with E-state index >= 15 is 0 Å². The van der Waals surface area contributed by atoms with Crippen molar-refractivity contribution >= 4 is 17.4 Å². The second-order valence-corrected chi connectivity index (χ2v) is 6.11. The summed E-state index contributed by atoms with van der Waals surface area (Å²) in [6, 6.07) is 12.9. The predicted molar refractivity (Wildman–Crippen MR) is 96.7 cm³/mol. The molecule has 0 aliphatic rings. The monoisotopic (exact) mass is 349 g/mol. The van der Waals surface area contributed by atoms with Gasteiger partial charge in [0.25, 0.3) is 5.91 Å². The molecule has 6 heteroatoms. The molecule has 1 aromatic carbocycles. The highest BCUT2D eigenvalue weighted by Gasteiger charge is 2.19. The van der Waals surface area contributed by atoms with Crippen molar-refractivity contribution in [1.82, 2.24) is 9.38 Å². The standard InChI is InChI=1S/C20H16FN3O2/c1-12-3-10-17-22-18(16-9-4-13(2)26-16)19(24(17)11-12)23-20(25)14-5-7-15(21)8-6-14/h3-11H,1-2H3,(H,23,25). The molecule has 3 aromatic heterocycles. The number of carbonyl (C=O) groups excluding carboxylic acids is 1. The number of hydrogen-bond acceptors (Lipinski definition) is 3. The lowest BCUT2D eigenvalue weighted by atomic mass is 10.2. The second kappa shape index (κ2) is 6.15. The van der Waals surface area contributed by atoms with Crippen molar-refractivity contribution < 1.29 is 13.6 Å². The van der Waals surface area contributed by atoms with Gasteiger partial charge >= 0.3 is 0 Å². The van der Waals surface area contributed by atoms with Gasteiger partial charge in [-0.05, 0) is 61.9 Å². The molecule has 0 fully saturated rings. The summed E-state index contributed by atoms with van der Waals surface area (Å²) in [7, 11) is 0. The van der Waals surface area contributed by atoms with Crippen molar-refractivity contribution in [3.8, 4) is 11.5 Å². The number of nitrogens with one attached hydrogen (secondary N) is 1. The van der Waals surface area contributed by atoms with Crippen molar-refractivity contribution in [2.45, 2.75) is 13.8 Å². The molecule has 0 aliphatic heterocycles. The molecule has 4 aromatic rings. The lowest BCUT2D eigenvalue weighted by molar-refractivity contribution is 0.102. The van der Waals surface area contributed by atoms with E-state index in [0.717, 1.165) is 11.3 Å². The molecule has 0 bridgehead atoms. The van der Waals surface area contributed by atoms with E-state index < -0.39 is 5.82 Å². The van der Waals surface area contributed by atoms with Crippen LogP contribution in [-0.4, -0.2) is 15.3 Å². The first-order valence-corrected chi connectivity index (χ1v) is 8.14. The number of carbonyl (C=O) groups is 1. The first-order chi connectivity index (χ1) is 12.5. The summed E-state index contributed by atoms with van der Waals surface area (Å²) in [5, 5.41) is 2.88. The molecule has 26 heavy (non-hydrogen) atoms. The number of benzene rings is 1. The van der Waals surface area contributed by atoms with E-state index in [1.807, 2.05) is 48.7 Å². The van der Waals surface area contributed by atoms with Gasteiger partial charge in [0.1, 0.15) is 28.7 Å². The Balaban J connectivity index is 1.82. The van der Waals surface area contributed by atoms with Gasteiger partial charge in [-0.2, -0.15) is 0 Å². The van der Waals surface area contributed by atoms with Gasteiger partial charge < -0.3 is 9.73 Å². The number of imidazole rings is 1. The molecule has 0 radical (unpaired) electrons. The van der Waals surface area contributed by atoms with E-state index in [1.165, 1.54) is 24.3 Å². The minimum absolute atomic E-state index is 0.349. The summed E-state index contributed by atoms with van der Waals surface area (Å²) < 4.78 is 20.6. The molecular formula is C20H16FN3O2. The highest BCUT2D eigenvalue weighted by Crippen LogP contribution is 2.30. The number of aryl methyl sites for hydroxylation is 2. The fourth-order valence-corrected chi connectivity index (χ4v) is 2.78. The van der Waals surface area contributed by atoms with Crippen molar-refractivity contribution in [2.75, 3.05) is 5.32 Å². The molecular weight excluding hydrogens is 333 g/mol. The van der Waals surface area contributed by atoms with Crippen LogP contribution in [0.5, 0.6) is 0 Å². The Kier molecular flexibility index (Phi) is 3.80. The van der Waals surface area contributed by atoms with E-state index in [2.05, 4.69) is 10.3 Å². The third kappa shape index (κ3) is 2.86. The smallest absolute Gasteiger partial charge is 0.256 e. The van der Waals surface area contributed by atoms with Crippen LogP contribution in [0.4, 0.5) is 10.2 Å². The van der Waals surface area contributed by atoms with Crippen LogP contribution in [0.15, 0.2) is 59.1 Å². The fraction of sp³-hybridized carbons (Fsp3) is 0.100. The molecule has 3 heterocycles. The summed E-state index contributed by atoms with van der Waals surface area (Å²) >= 11 is 0. The summed E-state index contributed by atoms with van der Waals surface area (Å²) in [5.41, 5.74) is 2.61. The Morgan fingerprint density at radius 2 is 1.85 bits per heavy atom. The van der Waals surface area contributed by atoms with E-state index in [4.69, 9.17) is 4.42 Å². The minimum Gasteiger partial charge on any atom is -0.460 e. The number of aromatic nitrogens is 2. The van der Waals surface area contributed by atoms with Gasteiger partial charge in [-0.15, -0.1) is 0 Å². The van der Waals surface area contributed by atoms with E-state index in [9.17, 15) is 9.18 Å². The van der Waals surface area contributed by atoms with Crippen LogP contribution >= 0.6 is 0 Å². The third-order valence-electron chi connectivity index (χ3n) is 4.08. The number of nitrogens with zero attached hydrogens (tertiary/aromatic N) is 2. The number of pyridine rings is 1. The molecule has 130 valence electrons. The summed E-state index contributed by atoms with van der Waals surface area (Å²) in [4.78, 5) is 17.2. The number of halogens is 1. The summed E-state index contributed by atoms with van der Waals surface area (Å²) in [6.07, 6.45) is 1.89. The maximum Gasteiger partial charge on any atom is 0.256 e. The van der Waals surface area contributed by atoms with Crippen molar-refractivity contribution in [1.29, 1.82) is 0 Å². The normalized spacial score (nSPS) is 11.0. The number of anilines is 1. The number of rotatable bonds is 3. The SMILES string of the molecule is Cc1ccc2nc(-c3ccc(C)o3)c(NC(=O)c3ccc(F)cc3)n2c1. The number of hydrogen-bond donors (Lipinski definition) is 1. The number of fused-ring (bicyclic) bond motifs is 1. The van der Waals surface area contributed by atoms with E-state index in [-0.39, 0.29) is 5.91 Å². The lowest BCUT2D eigenvalue weighted by Crippen LogP contribution is -2.14. The van der Waals surface area contributed by atoms with Gasteiger partial charge in [-0.3, -0.25) is 9.20 Å². The highest BCUT2D eigenvalue weighted by molar-refractivity contribution is 6.05. The first kappa shape index (κ1) is 16.1.